The van der Waals surface area contributed by atoms with Crippen molar-refractivity contribution in [1.82, 2.24) is 10.2 Å². The highest BCUT2D eigenvalue weighted by atomic mass is 16.2. The fraction of sp³-hybridized carbons (Fsp3) is 0.500. The monoisotopic (exact) mass is 331 g/mol. The van der Waals surface area contributed by atoms with E-state index in [1.165, 1.54) is 6.92 Å². The Morgan fingerprint density at radius 1 is 1.25 bits per heavy atom. The van der Waals surface area contributed by atoms with Crippen molar-refractivity contribution in [3.05, 3.63) is 30.3 Å². The second kappa shape index (κ2) is 8.47. The van der Waals surface area contributed by atoms with E-state index < -0.39 is 0 Å². The third-order valence-corrected chi connectivity index (χ3v) is 4.14. The van der Waals surface area contributed by atoms with Crippen LogP contribution < -0.4 is 10.2 Å². The van der Waals surface area contributed by atoms with Gasteiger partial charge in [0, 0.05) is 32.1 Å². The quantitative estimate of drug-likeness (QED) is 0.860. The number of para-hydroxylation sites is 1. The van der Waals surface area contributed by atoms with Crippen LogP contribution in [0.15, 0.2) is 30.3 Å². The molecule has 6 nitrogen and oxygen atoms in total. The summed E-state index contributed by atoms with van der Waals surface area (Å²) in [4.78, 5) is 39.2. The molecule has 0 bridgehead atoms. The van der Waals surface area contributed by atoms with Crippen LogP contribution in [0.2, 0.25) is 0 Å². The van der Waals surface area contributed by atoms with E-state index in [-0.39, 0.29) is 30.3 Å². The largest absolute Gasteiger partial charge is 0.347 e. The molecule has 0 radical (unpaired) electrons. The van der Waals surface area contributed by atoms with Gasteiger partial charge in [-0.2, -0.15) is 0 Å². The maximum atomic E-state index is 12.6. The van der Waals surface area contributed by atoms with Crippen LogP contribution in [0.5, 0.6) is 0 Å². The zero-order valence-corrected chi connectivity index (χ0v) is 14.3. The number of benzene rings is 1. The van der Waals surface area contributed by atoms with Crippen LogP contribution in [-0.2, 0) is 14.4 Å². The Kier molecular flexibility index (Phi) is 6.35. The number of carbonyl (C=O) groups excluding carboxylic acids is 3. The van der Waals surface area contributed by atoms with Gasteiger partial charge >= 0.3 is 0 Å². The Bertz CT molecular complexity index is 588. The summed E-state index contributed by atoms with van der Waals surface area (Å²) in [6, 6.07) is 9.58. The highest BCUT2D eigenvalue weighted by molar-refractivity contribution is 5.94. The molecule has 0 aliphatic carbocycles. The number of nitrogens with zero attached hydrogens (tertiary/aromatic N) is 2. The minimum atomic E-state index is -0.219. The number of hydrogen-bond donors (Lipinski definition) is 1. The minimum absolute atomic E-state index is 0.0102. The van der Waals surface area contributed by atoms with Crippen LogP contribution in [0.25, 0.3) is 0 Å². The number of carbonyl (C=O) groups is 3. The van der Waals surface area contributed by atoms with Crippen LogP contribution in [0.1, 0.15) is 33.1 Å². The van der Waals surface area contributed by atoms with Gasteiger partial charge in [0.15, 0.2) is 0 Å². The molecule has 1 saturated heterocycles. The molecule has 1 atom stereocenters. The van der Waals surface area contributed by atoms with Gasteiger partial charge in [-0.1, -0.05) is 25.1 Å². The van der Waals surface area contributed by atoms with Gasteiger partial charge < -0.3 is 15.1 Å². The van der Waals surface area contributed by atoms with Crippen LogP contribution in [0.4, 0.5) is 5.69 Å². The van der Waals surface area contributed by atoms with Crippen molar-refractivity contribution in [2.75, 3.05) is 24.5 Å². The fourth-order valence-corrected chi connectivity index (χ4v) is 2.97. The predicted molar refractivity (Wildman–Crippen MR) is 92.5 cm³/mol. The van der Waals surface area contributed by atoms with E-state index in [2.05, 4.69) is 5.32 Å². The lowest BCUT2D eigenvalue weighted by Crippen LogP contribution is -2.44. The molecule has 1 aromatic carbocycles. The summed E-state index contributed by atoms with van der Waals surface area (Å²) in [6.45, 7) is 4.49. The first-order valence-corrected chi connectivity index (χ1v) is 8.42. The van der Waals surface area contributed by atoms with E-state index in [4.69, 9.17) is 0 Å². The summed E-state index contributed by atoms with van der Waals surface area (Å²) in [7, 11) is 0. The van der Waals surface area contributed by atoms with Crippen molar-refractivity contribution in [1.29, 1.82) is 0 Å². The lowest BCUT2D eigenvalue weighted by molar-refractivity contribution is -0.131. The molecule has 1 aliphatic heterocycles. The zero-order chi connectivity index (χ0) is 17.5. The standard InChI is InChI=1S/C18H25N3O3/c1-3-7-17(23)21(15-8-5-4-6-9-15)16-10-11-20(13-16)18(24)12-19-14(2)22/h4-6,8-9,16H,3,7,10-13H2,1-2H3,(H,19,22). The molecular weight excluding hydrogens is 306 g/mol. The van der Waals surface area contributed by atoms with Crippen molar-refractivity contribution in [3.63, 3.8) is 0 Å². The summed E-state index contributed by atoms with van der Waals surface area (Å²) in [5.41, 5.74) is 0.872. The number of anilines is 1. The highest BCUT2D eigenvalue weighted by Gasteiger charge is 2.33. The molecule has 1 fully saturated rings. The summed E-state index contributed by atoms with van der Waals surface area (Å²) in [6.07, 6.45) is 2.03. The van der Waals surface area contributed by atoms with Crippen molar-refractivity contribution >= 4 is 23.4 Å². The number of nitrogens with one attached hydrogen (secondary N) is 1. The number of hydrogen-bond acceptors (Lipinski definition) is 3. The maximum Gasteiger partial charge on any atom is 0.242 e. The molecule has 0 aromatic heterocycles. The molecule has 130 valence electrons. The SMILES string of the molecule is CCCC(=O)N(c1ccccc1)C1CCN(C(=O)CNC(C)=O)C1. The molecule has 6 heteroatoms. The van der Waals surface area contributed by atoms with E-state index in [1.807, 2.05) is 42.2 Å². The average molecular weight is 331 g/mol. The molecule has 1 unspecified atom stereocenters. The lowest BCUT2D eigenvalue weighted by Gasteiger charge is -2.29. The first-order valence-electron chi connectivity index (χ1n) is 8.42. The van der Waals surface area contributed by atoms with E-state index in [0.717, 1.165) is 18.5 Å². The summed E-state index contributed by atoms with van der Waals surface area (Å²) < 4.78 is 0. The fourth-order valence-electron chi connectivity index (χ4n) is 2.97. The van der Waals surface area contributed by atoms with Gasteiger partial charge in [-0.05, 0) is 25.0 Å². The van der Waals surface area contributed by atoms with Gasteiger partial charge in [0.25, 0.3) is 0 Å². The molecule has 1 aromatic rings. The summed E-state index contributed by atoms with van der Waals surface area (Å²) in [5, 5.41) is 2.53. The lowest BCUT2D eigenvalue weighted by atomic mass is 10.1. The average Bonchev–Trinajstić information content (AvgIpc) is 3.03. The molecule has 3 amide bonds. The Hall–Kier alpha value is -2.37. The normalized spacial score (nSPS) is 16.8. The van der Waals surface area contributed by atoms with Crippen LogP contribution >= 0.6 is 0 Å². The first-order chi connectivity index (χ1) is 11.5. The van der Waals surface area contributed by atoms with Crippen molar-refractivity contribution in [2.24, 2.45) is 0 Å². The molecule has 1 aliphatic rings. The minimum Gasteiger partial charge on any atom is -0.347 e. The van der Waals surface area contributed by atoms with Gasteiger partial charge in [-0.25, -0.2) is 0 Å². The van der Waals surface area contributed by atoms with E-state index in [1.54, 1.807) is 4.90 Å². The first kappa shape index (κ1) is 18.0. The van der Waals surface area contributed by atoms with E-state index in [0.29, 0.717) is 19.5 Å². The van der Waals surface area contributed by atoms with Crippen molar-refractivity contribution in [2.45, 2.75) is 39.2 Å². The van der Waals surface area contributed by atoms with Gasteiger partial charge in [0.2, 0.25) is 17.7 Å². The van der Waals surface area contributed by atoms with E-state index in [9.17, 15) is 14.4 Å². The second-order valence-electron chi connectivity index (χ2n) is 6.04. The number of likely N-dealkylation sites (tertiary alicyclic amines) is 1. The Labute approximate surface area is 142 Å². The molecule has 0 saturated carbocycles. The Balaban J connectivity index is 2.07. The summed E-state index contributed by atoms with van der Waals surface area (Å²) in [5.74, 6) is -0.239. The van der Waals surface area contributed by atoms with E-state index >= 15 is 0 Å². The number of rotatable bonds is 6. The van der Waals surface area contributed by atoms with Crippen LogP contribution in [0, 0.1) is 0 Å². The summed E-state index contributed by atoms with van der Waals surface area (Å²) >= 11 is 0. The number of amides is 3. The highest BCUT2D eigenvalue weighted by Crippen LogP contribution is 2.24. The predicted octanol–water partition coefficient (Wildman–Crippen LogP) is 1.56. The third kappa shape index (κ3) is 4.57. The van der Waals surface area contributed by atoms with Gasteiger partial charge in [-0.15, -0.1) is 0 Å². The van der Waals surface area contributed by atoms with Crippen molar-refractivity contribution in [3.8, 4) is 0 Å². The van der Waals surface area contributed by atoms with Gasteiger partial charge in [-0.3, -0.25) is 14.4 Å². The molecule has 0 spiro atoms. The van der Waals surface area contributed by atoms with Gasteiger partial charge in [0.05, 0.1) is 12.6 Å². The molecule has 2 rings (SSSR count). The molecule has 1 heterocycles. The van der Waals surface area contributed by atoms with Crippen LogP contribution in [0.3, 0.4) is 0 Å². The Morgan fingerprint density at radius 2 is 1.96 bits per heavy atom. The zero-order valence-electron chi connectivity index (χ0n) is 14.3. The third-order valence-electron chi connectivity index (χ3n) is 4.14. The maximum absolute atomic E-state index is 12.6. The van der Waals surface area contributed by atoms with Gasteiger partial charge in [0.1, 0.15) is 0 Å². The molecule has 24 heavy (non-hydrogen) atoms. The smallest absolute Gasteiger partial charge is 0.242 e. The van der Waals surface area contributed by atoms with Crippen molar-refractivity contribution < 1.29 is 14.4 Å². The van der Waals surface area contributed by atoms with Crippen LogP contribution in [-0.4, -0.2) is 48.3 Å². The molecular formula is C18H25N3O3. The Morgan fingerprint density at radius 3 is 2.58 bits per heavy atom. The molecule has 1 N–H and O–H groups in total. The second-order valence-corrected chi connectivity index (χ2v) is 6.04. The topological polar surface area (TPSA) is 69.7 Å².